The lowest BCUT2D eigenvalue weighted by molar-refractivity contribution is -1.03. The molecule has 0 bridgehead atoms. The molecule has 2 aliphatic heterocycles. The van der Waals surface area contributed by atoms with Crippen molar-refractivity contribution in [2.45, 2.75) is 30.3 Å². The predicted molar refractivity (Wildman–Crippen MR) is 99.0 cm³/mol. The third kappa shape index (κ3) is 4.96. The zero-order valence-electron chi connectivity index (χ0n) is 15.0. The lowest BCUT2D eigenvalue weighted by Gasteiger charge is -2.37. The van der Waals surface area contributed by atoms with Crippen LogP contribution in [0.4, 0.5) is 0 Å². The van der Waals surface area contributed by atoms with E-state index >= 15 is 0 Å². The van der Waals surface area contributed by atoms with Crippen LogP contribution in [-0.4, -0.2) is 69.8 Å². The number of aliphatic hydroxyl groups excluding tert-OH is 1. The van der Waals surface area contributed by atoms with Crippen molar-refractivity contribution >= 4 is 11.8 Å². The molecule has 5 heteroatoms. The van der Waals surface area contributed by atoms with Gasteiger partial charge in [-0.15, -0.1) is 11.8 Å². The summed E-state index contributed by atoms with van der Waals surface area (Å²) in [5, 5.41) is 9.08. The molecule has 4 nitrogen and oxygen atoms in total. The van der Waals surface area contributed by atoms with Gasteiger partial charge >= 0.3 is 0 Å². The molecule has 0 unspecified atom stereocenters. The first-order chi connectivity index (χ1) is 11.8. The van der Waals surface area contributed by atoms with Crippen molar-refractivity contribution in [1.82, 2.24) is 0 Å². The van der Waals surface area contributed by atoms with Gasteiger partial charge in [0.1, 0.15) is 39.3 Å². The van der Waals surface area contributed by atoms with Gasteiger partial charge < -0.3 is 19.8 Å². The minimum atomic E-state index is 0.338. The SMILES string of the molecule is CSc1ccc(C[NH+]2CCC([NH+]3CC[NH+](CCO)CC3)CC2)cc1. The number of hydrogen-bond acceptors (Lipinski definition) is 2. The maximum Gasteiger partial charge on any atom is 0.127 e. The zero-order chi connectivity index (χ0) is 16.8. The van der Waals surface area contributed by atoms with E-state index in [0.717, 1.165) is 12.6 Å². The van der Waals surface area contributed by atoms with Gasteiger partial charge in [0.25, 0.3) is 0 Å². The predicted octanol–water partition coefficient (Wildman–Crippen LogP) is -2.27. The summed E-state index contributed by atoms with van der Waals surface area (Å²) >= 11 is 1.82. The Balaban J connectivity index is 1.41. The summed E-state index contributed by atoms with van der Waals surface area (Å²) in [5.41, 5.74) is 1.48. The molecule has 0 saturated carbocycles. The minimum Gasteiger partial charge on any atom is -0.391 e. The van der Waals surface area contributed by atoms with Crippen LogP contribution in [0.3, 0.4) is 0 Å². The molecule has 1 aromatic rings. The van der Waals surface area contributed by atoms with E-state index < -0.39 is 0 Å². The Morgan fingerprint density at radius 1 is 0.958 bits per heavy atom. The molecule has 2 fully saturated rings. The van der Waals surface area contributed by atoms with Crippen LogP contribution in [0.25, 0.3) is 0 Å². The van der Waals surface area contributed by atoms with Gasteiger partial charge in [0, 0.05) is 23.3 Å². The summed E-state index contributed by atoms with van der Waals surface area (Å²) in [6, 6.07) is 10.00. The number of piperazine rings is 1. The molecule has 2 aliphatic rings. The van der Waals surface area contributed by atoms with E-state index in [1.165, 1.54) is 69.1 Å². The molecule has 0 amide bonds. The lowest BCUT2D eigenvalue weighted by Crippen LogP contribution is -3.30. The summed E-state index contributed by atoms with van der Waals surface area (Å²) in [6.07, 6.45) is 4.89. The van der Waals surface area contributed by atoms with Crippen LogP contribution >= 0.6 is 11.8 Å². The number of thioether (sulfide) groups is 1. The molecule has 0 aromatic heterocycles. The second-order valence-corrected chi connectivity index (χ2v) is 8.31. The van der Waals surface area contributed by atoms with Crippen molar-refractivity contribution in [3.05, 3.63) is 29.8 Å². The Labute approximate surface area is 150 Å². The van der Waals surface area contributed by atoms with E-state index in [-0.39, 0.29) is 0 Å². The molecule has 0 radical (unpaired) electrons. The standard InChI is InChI=1S/C19H31N3OS/c1-24-19-4-2-17(3-5-19)16-21-8-6-18(7-9-21)22-12-10-20(11-13-22)14-15-23/h2-5,18,23H,6-16H2,1H3/p+3. The highest BCUT2D eigenvalue weighted by Gasteiger charge is 2.33. The van der Waals surface area contributed by atoms with Gasteiger partial charge in [-0.3, -0.25) is 0 Å². The normalized spacial score (nSPS) is 31.1. The van der Waals surface area contributed by atoms with E-state index in [1.807, 2.05) is 16.7 Å². The monoisotopic (exact) mass is 352 g/mol. The van der Waals surface area contributed by atoms with Crippen molar-refractivity contribution in [1.29, 1.82) is 0 Å². The first-order valence-corrected chi connectivity index (χ1v) is 10.8. The molecule has 4 N–H and O–H groups in total. The number of quaternary nitrogens is 3. The number of hydrogen-bond donors (Lipinski definition) is 4. The van der Waals surface area contributed by atoms with Crippen molar-refractivity contribution < 1.29 is 19.8 Å². The van der Waals surface area contributed by atoms with E-state index in [4.69, 9.17) is 5.11 Å². The molecule has 3 rings (SSSR count). The van der Waals surface area contributed by atoms with Gasteiger partial charge in [0.05, 0.1) is 25.7 Å². The Hall–Kier alpha value is -0.590. The molecular formula is C19H34N3OS+3. The average molecular weight is 353 g/mol. The first kappa shape index (κ1) is 18.2. The third-order valence-corrected chi connectivity index (χ3v) is 6.69. The summed E-state index contributed by atoms with van der Waals surface area (Å²) in [4.78, 5) is 6.55. The third-order valence-electron chi connectivity index (χ3n) is 5.95. The highest BCUT2D eigenvalue weighted by atomic mass is 32.2. The maximum atomic E-state index is 9.08. The molecule has 0 spiro atoms. The van der Waals surface area contributed by atoms with Gasteiger partial charge in [-0.2, -0.15) is 0 Å². The maximum absolute atomic E-state index is 9.08. The number of piperidine rings is 1. The topological polar surface area (TPSA) is 33.5 Å². The van der Waals surface area contributed by atoms with Gasteiger partial charge in [-0.1, -0.05) is 12.1 Å². The largest absolute Gasteiger partial charge is 0.391 e. The summed E-state index contributed by atoms with van der Waals surface area (Å²) in [6.45, 7) is 10.2. The van der Waals surface area contributed by atoms with Crippen LogP contribution < -0.4 is 14.7 Å². The van der Waals surface area contributed by atoms with Crippen LogP contribution in [0.15, 0.2) is 29.2 Å². The average Bonchev–Trinajstić information content (AvgIpc) is 2.64. The van der Waals surface area contributed by atoms with Crippen LogP contribution in [0.1, 0.15) is 18.4 Å². The number of aliphatic hydroxyl groups is 1. The highest BCUT2D eigenvalue weighted by Crippen LogP contribution is 2.14. The number of nitrogens with one attached hydrogen (secondary N) is 3. The van der Waals surface area contributed by atoms with Crippen LogP contribution in [0.2, 0.25) is 0 Å². The molecular weight excluding hydrogens is 318 g/mol. The molecule has 134 valence electrons. The molecule has 0 aliphatic carbocycles. The van der Waals surface area contributed by atoms with E-state index in [1.54, 1.807) is 9.80 Å². The minimum absolute atomic E-state index is 0.338. The Bertz CT molecular complexity index is 480. The van der Waals surface area contributed by atoms with E-state index in [0.29, 0.717) is 6.61 Å². The molecule has 1 aromatic carbocycles. The fourth-order valence-corrected chi connectivity index (χ4v) is 4.79. The van der Waals surface area contributed by atoms with Crippen LogP contribution in [0, 0.1) is 0 Å². The zero-order valence-corrected chi connectivity index (χ0v) is 15.8. The van der Waals surface area contributed by atoms with Crippen molar-refractivity contribution in [3.63, 3.8) is 0 Å². The summed E-state index contributed by atoms with van der Waals surface area (Å²) < 4.78 is 0. The summed E-state index contributed by atoms with van der Waals surface area (Å²) in [5.74, 6) is 0. The smallest absolute Gasteiger partial charge is 0.127 e. The van der Waals surface area contributed by atoms with Crippen molar-refractivity contribution in [2.24, 2.45) is 0 Å². The second-order valence-electron chi connectivity index (χ2n) is 7.43. The molecule has 2 saturated heterocycles. The lowest BCUT2D eigenvalue weighted by atomic mass is 10.0. The number of benzene rings is 1. The Morgan fingerprint density at radius 2 is 1.62 bits per heavy atom. The van der Waals surface area contributed by atoms with Crippen LogP contribution in [0.5, 0.6) is 0 Å². The molecule has 0 atom stereocenters. The Morgan fingerprint density at radius 3 is 2.21 bits per heavy atom. The quantitative estimate of drug-likeness (QED) is 0.436. The summed E-state index contributed by atoms with van der Waals surface area (Å²) in [7, 11) is 0. The number of rotatable bonds is 6. The molecule has 2 heterocycles. The molecule has 24 heavy (non-hydrogen) atoms. The van der Waals surface area contributed by atoms with Gasteiger partial charge in [0.2, 0.25) is 0 Å². The van der Waals surface area contributed by atoms with Crippen LogP contribution in [-0.2, 0) is 6.54 Å². The van der Waals surface area contributed by atoms with Crippen molar-refractivity contribution in [2.75, 3.05) is 58.7 Å². The van der Waals surface area contributed by atoms with E-state index in [9.17, 15) is 0 Å². The fourth-order valence-electron chi connectivity index (χ4n) is 4.38. The van der Waals surface area contributed by atoms with E-state index in [2.05, 4.69) is 30.5 Å². The number of likely N-dealkylation sites (tertiary alicyclic amines) is 1. The first-order valence-electron chi connectivity index (χ1n) is 9.54. The highest BCUT2D eigenvalue weighted by molar-refractivity contribution is 7.98. The second kappa shape index (κ2) is 9.20. The fraction of sp³-hybridized carbons (Fsp3) is 0.684. The van der Waals surface area contributed by atoms with Crippen molar-refractivity contribution in [3.8, 4) is 0 Å². The van der Waals surface area contributed by atoms with Gasteiger partial charge in [-0.05, 0) is 18.4 Å². The van der Waals surface area contributed by atoms with Gasteiger partial charge in [0.15, 0.2) is 0 Å². The Kier molecular flexibility index (Phi) is 6.98. The van der Waals surface area contributed by atoms with Gasteiger partial charge in [-0.25, -0.2) is 0 Å².